The fraction of sp³-hybridized carbons (Fsp3) is 0.414. The van der Waals surface area contributed by atoms with Gasteiger partial charge in [-0.25, -0.2) is 23.5 Å². The molecule has 1 aliphatic heterocycles. The highest BCUT2D eigenvalue weighted by Crippen LogP contribution is 2.44. The number of aryl methyl sites for hydroxylation is 1. The Balaban J connectivity index is 1.46. The van der Waals surface area contributed by atoms with Gasteiger partial charge in [0, 0.05) is 28.8 Å². The molecule has 1 saturated carbocycles. The second-order valence-electron chi connectivity index (χ2n) is 10.0. The maximum atomic E-state index is 14.6. The van der Waals surface area contributed by atoms with Crippen LogP contribution >= 0.6 is 22.9 Å². The predicted molar refractivity (Wildman–Crippen MR) is 151 cm³/mol. The lowest BCUT2D eigenvalue weighted by atomic mass is 9.78. The van der Waals surface area contributed by atoms with E-state index in [4.69, 9.17) is 30.5 Å². The Hall–Kier alpha value is -3.64. The minimum atomic E-state index is -1.21. The largest absolute Gasteiger partial charge is 0.466 e. The fourth-order valence-electron chi connectivity index (χ4n) is 5.41. The third kappa shape index (κ3) is 5.96. The van der Waals surface area contributed by atoms with Crippen molar-refractivity contribution in [3.8, 4) is 0 Å². The summed E-state index contributed by atoms with van der Waals surface area (Å²) in [7, 11) is 1.26. The molecule has 1 aromatic carbocycles. The number of hydrogen-bond acceptors (Lipinski definition) is 10. The van der Waals surface area contributed by atoms with Crippen LogP contribution in [0, 0.1) is 24.5 Å². The number of nitrogens with zero attached hydrogens (tertiary/aromatic N) is 3. The molecule has 2 aromatic heterocycles. The highest BCUT2D eigenvalue weighted by atomic mass is 35.5. The van der Waals surface area contributed by atoms with E-state index in [1.165, 1.54) is 24.5 Å². The van der Waals surface area contributed by atoms with Crippen molar-refractivity contribution in [1.29, 1.82) is 0 Å². The smallest absolute Gasteiger partial charge is 0.338 e. The van der Waals surface area contributed by atoms with Crippen LogP contribution in [0.25, 0.3) is 0 Å². The van der Waals surface area contributed by atoms with Gasteiger partial charge in [0.05, 0.1) is 36.4 Å². The van der Waals surface area contributed by atoms with E-state index in [0.717, 1.165) is 6.07 Å². The first-order valence-electron chi connectivity index (χ1n) is 13.5. The molecule has 3 aromatic rings. The summed E-state index contributed by atoms with van der Waals surface area (Å²) < 4.78 is 44.7. The molecule has 5 rings (SSSR count). The summed E-state index contributed by atoms with van der Waals surface area (Å²) in [6, 6.07) is 1.24. The van der Waals surface area contributed by atoms with E-state index in [2.05, 4.69) is 15.3 Å². The molecular formula is C29H29ClF2N4O5S. The molecule has 2 aliphatic rings. The van der Waals surface area contributed by atoms with Gasteiger partial charge in [0.15, 0.2) is 28.4 Å². The number of benzene rings is 1. The standard InChI is InChI=1S/C29H29ClF2N4O5S/c1-4-40-20(37)13-19-14(2)41-27(34-19)16-7-5-15(6-8-16)24-21(29(38)39-3)25(17-9-10-18(31)23(32)22(17)30)36-26(35-24)28-33-11-12-42-28/h9-12,15-16,25H,4-8,13H2,1-3H3,(H,35,36). The summed E-state index contributed by atoms with van der Waals surface area (Å²) in [6.07, 6.45) is 4.39. The van der Waals surface area contributed by atoms with E-state index in [1.54, 1.807) is 25.4 Å². The summed E-state index contributed by atoms with van der Waals surface area (Å²) in [4.78, 5) is 38.8. The van der Waals surface area contributed by atoms with E-state index in [0.29, 0.717) is 66.2 Å². The molecule has 1 atom stereocenters. The van der Waals surface area contributed by atoms with Crippen LogP contribution in [0.3, 0.4) is 0 Å². The number of hydrogen-bond donors (Lipinski definition) is 1. The van der Waals surface area contributed by atoms with Crippen molar-refractivity contribution in [3.05, 3.63) is 79.6 Å². The molecule has 0 saturated heterocycles. The lowest BCUT2D eigenvalue weighted by Gasteiger charge is -2.34. The molecule has 1 N–H and O–H groups in total. The minimum absolute atomic E-state index is 0.0187. The fourth-order valence-corrected chi connectivity index (χ4v) is 6.26. The molecule has 0 bridgehead atoms. The molecular weight excluding hydrogens is 590 g/mol. The lowest BCUT2D eigenvalue weighted by molar-refractivity contribution is -0.142. The zero-order valence-electron chi connectivity index (χ0n) is 23.2. The predicted octanol–water partition coefficient (Wildman–Crippen LogP) is 5.97. The average molecular weight is 619 g/mol. The number of carbonyl (C=O) groups excluding carboxylic acids is 2. The molecule has 1 unspecified atom stereocenters. The van der Waals surface area contributed by atoms with Gasteiger partial charge < -0.3 is 19.2 Å². The Bertz CT molecular complexity index is 1550. The van der Waals surface area contributed by atoms with Crippen molar-refractivity contribution in [2.45, 2.75) is 57.9 Å². The lowest BCUT2D eigenvalue weighted by Crippen LogP contribution is -2.37. The van der Waals surface area contributed by atoms with Gasteiger partial charge in [0.25, 0.3) is 0 Å². The number of aromatic nitrogens is 2. The van der Waals surface area contributed by atoms with Crippen LogP contribution in [-0.2, 0) is 25.5 Å². The van der Waals surface area contributed by atoms with Crippen molar-refractivity contribution < 1.29 is 32.3 Å². The number of rotatable bonds is 8. The Kier molecular flexibility index (Phi) is 9.02. The summed E-state index contributed by atoms with van der Waals surface area (Å²) >= 11 is 7.61. The van der Waals surface area contributed by atoms with Gasteiger partial charge in [-0.05, 0) is 51.5 Å². The quantitative estimate of drug-likeness (QED) is 0.243. The molecule has 0 spiro atoms. The van der Waals surface area contributed by atoms with Crippen LogP contribution in [0.2, 0.25) is 5.02 Å². The van der Waals surface area contributed by atoms with Crippen molar-refractivity contribution in [3.63, 3.8) is 0 Å². The topological polar surface area (TPSA) is 116 Å². The van der Waals surface area contributed by atoms with Gasteiger partial charge in [-0.3, -0.25) is 9.79 Å². The van der Waals surface area contributed by atoms with Crippen LogP contribution < -0.4 is 5.32 Å². The van der Waals surface area contributed by atoms with Gasteiger partial charge in [-0.15, -0.1) is 11.3 Å². The number of nitrogens with one attached hydrogen (secondary N) is 1. The third-order valence-electron chi connectivity index (χ3n) is 7.49. The summed E-state index contributed by atoms with van der Waals surface area (Å²) in [5.41, 5.74) is 1.46. The number of amidine groups is 1. The second kappa shape index (κ2) is 12.7. The summed E-state index contributed by atoms with van der Waals surface area (Å²) in [5, 5.41) is 5.22. The normalized spacial score (nSPS) is 20.6. The third-order valence-corrected chi connectivity index (χ3v) is 8.65. The van der Waals surface area contributed by atoms with E-state index >= 15 is 0 Å². The van der Waals surface area contributed by atoms with Gasteiger partial charge in [0.1, 0.15) is 11.8 Å². The maximum Gasteiger partial charge on any atom is 0.338 e. The number of esters is 2. The van der Waals surface area contributed by atoms with Crippen LogP contribution in [0.1, 0.15) is 72.5 Å². The summed E-state index contributed by atoms with van der Waals surface area (Å²) in [5.74, 6) is -1.88. The molecule has 3 heterocycles. The number of methoxy groups -OCH3 is 1. The highest BCUT2D eigenvalue weighted by Gasteiger charge is 2.39. The number of halogens is 3. The molecule has 222 valence electrons. The zero-order valence-corrected chi connectivity index (χ0v) is 24.8. The number of oxazole rings is 1. The van der Waals surface area contributed by atoms with E-state index in [9.17, 15) is 18.4 Å². The minimum Gasteiger partial charge on any atom is -0.466 e. The van der Waals surface area contributed by atoms with Gasteiger partial charge in [-0.1, -0.05) is 17.7 Å². The number of ether oxygens (including phenoxy) is 2. The maximum absolute atomic E-state index is 14.6. The first-order chi connectivity index (χ1) is 20.2. The SMILES string of the molecule is CCOC(=O)Cc1nc(C2CCC(C3=C(C(=O)OC)C(c4ccc(F)c(F)c4Cl)N=C(c4nccs4)N3)CC2)oc1C. The Labute approximate surface area is 250 Å². The second-order valence-corrected chi connectivity index (χ2v) is 11.3. The van der Waals surface area contributed by atoms with Crippen molar-refractivity contribution in [2.75, 3.05) is 13.7 Å². The number of carbonyl (C=O) groups is 2. The summed E-state index contributed by atoms with van der Waals surface area (Å²) in [6.45, 7) is 3.82. The highest BCUT2D eigenvalue weighted by molar-refractivity contribution is 7.11. The molecule has 1 aliphatic carbocycles. The molecule has 0 radical (unpaired) electrons. The van der Waals surface area contributed by atoms with Crippen LogP contribution in [-0.4, -0.2) is 41.5 Å². The average Bonchev–Trinajstić information content (AvgIpc) is 3.66. The Morgan fingerprint density at radius 2 is 1.93 bits per heavy atom. The van der Waals surface area contributed by atoms with Crippen LogP contribution in [0.5, 0.6) is 0 Å². The van der Waals surface area contributed by atoms with Crippen molar-refractivity contribution in [2.24, 2.45) is 10.9 Å². The van der Waals surface area contributed by atoms with Crippen LogP contribution in [0.15, 0.2) is 44.4 Å². The first-order valence-corrected chi connectivity index (χ1v) is 14.8. The number of aliphatic imine (C=N–C) groups is 1. The molecule has 9 nitrogen and oxygen atoms in total. The van der Waals surface area contributed by atoms with Gasteiger partial charge in [0.2, 0.25) is 0 Å². The molecule has 13 heteroatoms. The van der Waals surface area contributed by atoms with Gasteiger partial charge >= 0.3 is 11.9 Å². The van der Waals surface area contributed by atoms with E-state index in [1.807, 2.05) is 0 Å². The number of allylic oxidation sites excluding steroid dienone is 1. The molecule has 42 heavy (non-hydrogen) atoms. The molecule has 0 amide bonds. The Morgan fingerprint density at radius 3 is 2.60 bits per heavy atom. The first kappa shape index (κ1) is 29.8. The Morgan fingerprint density at radius 1 is 1.19 bits per heavy atom. The van der Waals surface area contributed by atoms with E-state index < -0.39 is 28.7 Å². The molecule has 1 fully saturated rings. The monoisotopic (exact) mass is 618 g/mol. The van der Waals surface area contributed by atoms with Crippen molar-refractivity contribution in [1.82, 2.24) is 15.3 Å². The zero-order chi connectivity index (χ0) is 30.0. The number of thiazole rings is 1. The van der Waals surface area contributed by atoms with Gasteiger partial charge in [-0.2, -0.15) is 0 Å². The van der Waals surface area contributed by atoms with Crippen LogP contribution in [0.4, 0.5) is 8.78 Å². The van der Waals surface area contributed by atoms with E-state index in [-0.39, 0.29) is 35.4 Å². The van der Waals surface area contributed by atoms with Crippen molar-refractivity contribution >= 4 is 40.7 Å².